The van der Waals surface area contributed by atoms with Crippen molar-refractivity contribution in [2.45, 2.75) is 25.2 Å². The van der Waals surface area contributed by atoms with Crippen LogP contribution in [-0.2, 0) is 0 Å². The summed E-state index contributed by atoms with van der Waals surface area (Å²) < 4.78 is 0.474. The van der Waals surface area contributed by atoms with Crippen LogP contribution in [0.2, 0.25) is 0 Å². The van der Waals surface area contributed by atoms with Gasteiger partial charge < -0.3 is 10.1 Å². The summed E-state index contributed by atoms with van der Waals surface area (Å²) in [6, 6.07) is 0. The number of nitrogens with zero attached hydrogens (tertiary/aromatic N) is 1. The minimum atomic E-state index is -0.992. The van der Waals surface area contributed by atoms with Gasteiger partial charge in [0.2, 0.25) is 0 Å². The van der Waals surface area contributed by atoms with Crippen molar-refractivity contribution in [2.24, 2.45) is 0 Å². The van der Waals surface area contributed by atoms with Crippen LogP contribution in [0, 0.1) is 0 Å². The number of hydrogen-bond donors (Lipinski definition) is 2. The number of carbonyl (C=O) groups is 1. The van der Waals surface area contributed by atoms with Gasteiger partial charge in [0.25, 0.3) is 0 Å². The van der Waals surface area contributed by atoms with Gasteiger partial charge in [-0.05, 0) is 28.8 Å². The Morgan fingerprint density at radius 2 is 2.31 bits per heavy atom. The molecule has 1 aromatic heterocycles. The topological polar surface area (TPSA) is 66.0 Å². The number of aromatic carboxylic acids is 1. The third-order valence-electron chi connectivity index (χ3n) is 2.37. The molecule has 0 aliphatic heterocycles. The monoisotopic (exact) mass is 244 g/mol. The Kier molecular flexibility index (Phi) is 2.11. The maximum Gasteiger partial charge on any atom is 0.357 e. The highest BCUT2D eigenvalue weighted by Gasteiger charge is 2.25. The molecule has 0 aromatic carbocycles. The van der Waals surface area contributed by atoms with Gasteiger partial charge in [-0.3, -0.25) is 0 Å². The number of carboxylic acids is 1. The summed E-state index contributed by atoms with van der Waals surface area (Å²) in [6.45, 7) is 0. The fraction of sp³-hybridized carbons (Fsp3) is 0.500. The Labute approximate surface area is 83.5 Å². The minimum Gasteiger partial charge on any atom is -0.476 e. The molecule has 4 nitrogen and oxygen atoms in total. The van der Waals surface area contributed by atoms with E-state index >= 15 is 0 Å². The van der Waals surface area contributed by atoms with Crippen LogP contribution in [0.3, 0.4) is 0 Å². The zero-order valence-electron chi connectivity index (χ0n) is 6.88. The Bertz CT molecular complexity index is 344. The van der Waals surface area contributed by atoms with Gasteiger partial charge in [0, 0.05) is 5.92 Å². The standard InChI is InChI=1S/C8H9BrN2O2/c9-6-5(8(12)13)10-7(11-6)4-2-1-3-4/h4H,1-3H2,(H,10,11)(H,12,13). The summed E-state index contributed by atoms with van der Waals surface area (Å²) >= 11 is 3.14. The van der Waals surface area contributed by atoms with Crippen LogP contribution in [0.4, 0.5) is 0 Å². The van der Waals surface area contributed by atoms with Crippen LogP contribution < -0.4 is 0 Å². The quantitative estimate of drug-likeness (QED) is 0.838. The molecule has 1 aliphatic carbocycles. The number of H-pyrrole nitrogens is 1. The number of nitrogens with one attached hydrogen (secondary N) is 1. The Balaban J connectivity index is 2.28. The van der Waals surface area contributed by atoms with E-state index in [0.717, 1.165) is 18.7 Å². The predicted molar refractivity (Wildman–Crippen MR) is 49.8 cm³/mol. The summed E-state index contributed by atoms with van der Waals surface area (Å²) in [6.07, 6.45) is 3.43. The normalized spacial score (nSPS) is 17.0. The molecular formula is C8H9BrN2O2. The lowest BCUT2D eigenvalue weighted by molar-refractivity contribution is 0.0690. The zero-order valence-corrected chi connectivity index (χ0v) is 8.47. The van der Waals surface area contributed by atoms with Gasteiger partial charge in [-0.2, -0.15) is 0 Å². The molecule has 13 heavy (non-hydrogen) atoms. The molecule has 1 saturated carbocycles. The molecular weight excluding hydrogens is 236 g/mol. The van der Waals surface area contributed by atoms with Crippen LogP contribution in [-0.4, -0.2) is 21.0 Å². The first kappa shape index (κ1) is 8.74. The minimum absolute atomic E-state index is 0.0851. The van der Waals surface area contributed by atoms with Crippen LogP contribution >= 0.6 is 15.9 Å². The van der Waals surface area contributed by atoms with E-state index in [1.807, 2.05) is 0 Å². The van der Waals surface area contributed by atoms with E-state index in [1.54, 1.807) is 0 Å². The van der Waals surface area contributed by atoms with Crippen molar-refractivity contribution in [2.75, 3.05) is 0 Å². The molecule has 0 bridgehead atoms. The lowest BCUT2D eigenvalue weighted by Gasteiger charge is -2.22. The third kappa shape index (κ3) is 1.48. The fourth-order valence-electron chi connectivity index (χ4n) is 1.39. The number of hydrogen-bond acceptors (Lipinski definition) is 2. The lowest BCUT2D eigenvalue weighted by Crippen LogP contribution is -2.10. The maximum atomic E-state index is 10.7. The van der Waals surface area contributed by atoms with E-state index in [0.29, 0.717) is 10.5 Å². The predicted octanol–water partition coefficient (Wildman–Crippen LogP) is 2.14. The molecule has 0 saturated heterocycles. The molecule has 0 spiro atoms. The largest absolute Gasteiger partial charge is 0.476 e. The van der Waals surface area contributed by atoms with Gasteiger partial charge in [0.1, 0.15) is 10.4 Å². The molecule has 1 aliphatic rings. The average Bonchev–Trinajstić information content (AvgIpc) is 2.27. The van der Waals surface area contributed by atoms with E-state index in [1.165, 1.54) is 6.42 Å². The van der Waals surface area contributed by atoms with Crippen molar-refractivity contribution in [1.29, 1.82) is 0 Å². The molecule has 0 atom stereocenters. The Morgan fingerprint density at radius 3 is 2.69 bits per heavy atom. The van der Waals surface area contributed by atoms with Gasteiger partial charge in [0.05, 0.1) is 0 Å². The molecule has 1 fully saturated rings. The number of carboxylic acid groups (broad SMARTS) is 1. The van der Waals surface area contributed by atoms with Crippen LogP contribution in [0.25, 0.3) is 0 Å². The van der Waals surface area contributed by atoms with Crippen molar-refractivity contribution < 1.29 is 9.90 Å². The summed E-state index contributed by atoms with van der Waals surface area (Å²) in [4.78, 5) is 17.6. The van der Waals surface area contributed by atoms with Gasteiger partial charge in [-0.15, -0.1) is 0 Å². The summed E-state index contributed by atoms with van der Waals surface area (Å²) in [5, 5.41) is 8.74. The van der Waals surface area contributed by atoms with Gasteiger partial charge in [-0.25, -0.2) is 9.78 Å². The average molecular weight is 245 g/mol. The van der Waals surface area contributed by atoms with Crippen LogP contribution in [0.5, 0.6) is 0 Å². The number of halogens is 1. The van der Waals surface area contributed by atoms with Gasteiger partial charge >= 0.3 is 5.97 Å². The highest BCUT2D eigenvalue weighted by atomic mass is 79.9. The molecule has 0 unspecified atom stereocenters. The number of aromatic nitrogens is 2. The van der Waals surface area contributed by atoms with Crippen LogP contribution in [0.1, 0.15) is 41.5 Å². The second kappa shape index (κ2) is 3.14. The first-order chi connectivity index (χ1) is 6.18. The Hall–Kier alpha value is -0.840. The molecule has 1 heterocycles. The van der Waals surface area contributed by atoms with Crippen LogP contribution in [0.15, 0.2) is 4.60 Å². The summed E-state index contributed by atoms with van der Waals surface area (Å²) in [7, 11) is 0. The van der Waals surface area contributed by atoms with E-state index in [2.05, 4.69) is 25.9 Å². The first-order valence-corrected chi connectivity index (χ1v) is 4.96. The molecule has 2 N–H and O–H groups in total. The van der Waals surface area contributed by atoms with E-state index in [9.17, 15) is 4.79 Å². The van der Waals surface area contributed by atoms with E-state index < -0.39 is 5.97 Å². The zero-order chi connectivity index (χ0) is 9.42. The number of rotatable bonds is 2. The summed E-state index contributed by atoms with van der Waals surface area (Å²) in [5.74, 6) is 0.244. The van der Waals surface area contributed by atoms with E-state index in [-0.39, 0.29) is 5.69 Å². The highest BCUT2D eigenvalue weighted by molar-refractivity contribution is 9.10. The molecule has 1 aromatic rings. The molecule has 2 rings (SSSR count). The maximum absolute atomic E-state index is 10.7. The SMILES string of the molecule is O=C(O)c1nc(C2CCC2)[nH]c1Br. The second-order valence-corrected chi connectivity index (χ2v) is 4.01. The first-order valence-electron chi connectivity index (χ1n) is 4.17. The second-order valence-electron chi connectivity index (χ2n) is 3.22. The fourth-order valence-corrected chi connectivity index (χ4v) is 1.85. The smallest absolute Gasteiger partial charge is 0.357 e. The van der Waals surface area contributed by atoms with E-state index in [4.69, 9.17) is 5.11 Å². The van der Waals surface area contributed by atoms with Gasteiger partial charge in [0.15, 0.2) is 5.69 Å². The third-order valence-corrected chi connectivity index (χ3v) is 2.95. The highest BCUT2D eigenvalue weighted by Crippen LogP contribution is 2.35. The van der Waals surface area contributed by atoms with Crippen molar-refractivity contribution in [3.8, 4) is 0 Å². The van der Waals surface area contributed by atoms with Crippen molar-refractivity contribution in [3.63, 3.8) is 0 Å². The molecule has 70 valence electrons. The van der Waals surface area contributed by atoms with Gasteiger partial charge in [-0.1, -0.05) is 6.42 Å². The number of imidazole rings is 1. The van der Waals surface area contributed by atoms with Crippen molar-refractivity contribution in [3.05, 3.63) is 16.1 Å². The number of aromatic amines is 1. The molecule has 0 amide bonds. The lowest BCUT2D eigenvalue weighted by atomic mass is 9.85. The van der Waals surface area contributed by atoms with Crippen molar-refractivity contribution >= 4 is 21.9 Å². The van der Waals surface area contributed by atoms with Crippen molar-refractivity contribution in [1.82, 2.24) is 9.97 Å². The summed E-state index contributed by atoms with van der Waals surface area (Å²) in [5.41, 5.74) is 0.0851. The molecule has 5 heteroatoms. The Morgan fingerprint density at radius 1 is 1.62 bits per heavy atom. The molecule has 0 radical (unpaired) electrons.